The van der Waals surface area contributed by atoms with Crippen molar-refractivity contribution in [1.82, 2.24) is 5.32 Å². The highest BCUT2D eigenvalue weighted by Crippen LogP contribution is 2.20. The van der Waals surface area contributed by atoms with E-state index in [0.29, 0.717) is 15.7 Å². The largest absolute Gasteiger partial charge is 0.324 e. The van der Waals surface area contributed by atoms with Gasteiger partial charge in [0.2, 0.25) is 5.91 Å². The van der Waals surface area contributed by atoms with E-state index >= 15 is 0 Å². The average Bonchev–Trinajstić information content (AvgIpc) is 2.47. The van der Waals surface area contributed by atoms with Crippen molar-refractivity contribution in [3.8, 4) is 0 Å². The second kappa shape index (κ2) is 7.46. The molecule has 5 heteroatoms. The second-order valence-corrected chi connectivity index (χ2v) is 5.53. The Balaban J connectivity index is 1.88. The Morgan fingerprint density at radius 1 is 1.14 bits per heavy atom. The van der Waals surface area contributed by atoms with E-state index in [1.165, 1.54) is 0 Å². The standard InChI is InChI=1S/C16H16Cl2N2O/c1-11(12-5-4-6-13(17)9-12)19-10-16(21)20-15-8-3-2-7-14(15)18/h2-9,11,19H,10H2,1H3,(H,20,21)/t11-/m1/s1. The highest BCUT2D eigenvalue weighted by atomic mass is 35.5. The smallest absolute Gasteiger partial charge is 0.238 e. The van der Waals surface area contributed by atoms with E-state index in [1.54, 1.807) is 12.1 Å². The molecule has 2 rings (SSSR count). The minimum atomic E-state index is -0.142. The van der Waals surface area contributed by atoms with Crippen molar-refractivity contribution in [3.05, 3.63) is 64.1 Å². The monoisotopic (exact) mass is 322 g/mol. The summed E-state index contributed by atoms with van der Waals surface area (Å²) in [5, 5.41) is 7.12. The number of amides is 1. The van der Waals surface area contributed by atoms with Crippen molar-refractivity contribution in [3.63, 3.8) is 0 Å². The third kappa shape index (κ3) is 4.74. The Bertz CT molecular complexity index is 631. The normalized spacial score (nSPS) is 12.0. The number of halogens is 2. The van der Waals surface area contributed by atoms with Crippen LogP contribution in [0.15, 0.2) is 48.5 Å². The number of carbonyl (C=O) groups is 1. The fraction of sp³-hybridized carbons (Fsp3) is 0.188. The van der Waals surface area contributed by atoms with Gasteiger partial charge in [-0.1, -0.05) is 47.5 Å². The van der Waals surface area contributed by atoms with Crippen LogP contribution in [0.2, 0.25) is 10.0 Å². The lowest BCUT2D eigenvalue weighted by Crippen LogP contribution is -2.30. The van der Waals surface area contributed by atoms with Crippen LogP contribution in [0, 0.1) is 0 Å². The maximum Gasteiger partial charge on any atom is 0.238 e. The summed E-state index contributed by atoms with van der Waals surface area (Å²) in [7, 11) is 0. The first-order valence-electron chi connectivity index (χ1n) is 6.59. The molecule has 2 N–H and O–H groups in total. The number of nitrogens with one attached hydrogen (secondary N) is 2. The van der Waals surface area contributed by atoms with Crippen molar-refractivity contribution in [2.24, 2.45) is 0 Å². The molecule has 0 unspecified atom stereocenters. The van der Waals surface area contributed by atoms with Gasteiger partial charge < -0.3 is 10.6 Å². The molecule has 0 radical (unpaired) electrons. The van der Waals surface area contributed by atoms with Crippen molar-refractivity contribution < 1.29 is 4.79 Å². The van der Waals surface area contributed by atoms with E-state index in [1.807, 2.05) is 43.3 Å². The van der Waals surface area contributed by atoms with Gasteiger partial charge in [-0.05, 0) is 36.8 Å². The molecule has 0 saturated carbocycles. The van der Waals surface area contributed by atoms with Crippen molar-refractivity contribution >= 4 is 34.8 Å². The van der Waals surface area contributed by atoms with Crippen LogP contribution in [0.1, 0.15) is 18.5 Å². The van der Waals surface area contributed by atoms with Gasteiger partial charge in [0.05, 0.1) is 17.3 Å². The van der Waals surface area contributed by atoms with E-state index in [2.05, 4.69) is 10.6 Å². The van der Waals surface area contributed by atoms with Crippen LogP contribution in [0.3, 0.4) is 0 Å². The first kappa shape index (κ1) is 15.8. The molecule has 2 aromatic carbocycles. The van der Waals surface area contributed by atoms with Gasteiger partial charge in [0.1, 0.15) is 0 Å². The molecule has 0 heterocycles. The molecule has 0 aliphatic carbocycles. The van der Waals surface area contributed by atoms with Gasteiger partial charge in [-0.3, -0.25) is 4.79 Å². The van der Waals surface area contributed by atoms with Crippen LogP contribution in [0.4, 0.5) is 5.69 Å². The van der Waals surface area contributed by atoms with Gasteiger partial charge in [0, 0.05) is 11.1 Å². The van der Waals surface area contributed by atoms with Crippen LogP contribution in [-0.4, -0.2) is 12.5 Å². The Hall–Kier alpha value is -1.55. The molecule has 0 aliphatic heterocycles. The van der Waals surface area contributed by atoms with Gasteiger partial charge >= 0.3 is 0 Å². The van der Waals surface area contributed by atoms with Gasteiger partial charge in [0.15, 0.2) is 0 Å². The maximum absolute atomic E-state index is 11.9. The summed E-state index contributed by atoms with van der Waals surface area (Å²) in [6, 6.07) is 14.7. The summed E-state index contributed by atoms with van der Waals surface area (Å²) in [5.41, 5.74) is 1.65. The summed E-state index contributed by atoms with van der Waals surface area (Å²) in [4.78, 5) is 11.9. The molecule has 0 aromatic heterocycles. The van der Waals surface area contributed by atoms with E-state index in [0.717, 1.165) is 5.56 Å². The predicted molar refractivity (Wildman–Crippen MR) is 88.0 cm³/mol. The minimum Gasteiger partial charge on any atom is -0.324 e. The molecule has 1 atom stereocenters. The van der Waals surface area contributed by atoms with Crippen LogP contribution >= 0.6 is 23.2 Å². The molecule has 3 nitrogen and oxygen atoms in total. The fourth-order valence-electron chi connectivity index (χ4n) is 1.90. The van der Waals surface area contributed by atoms with E-state index in [4.69, 9.17) is 23.2 Å². The number of benzene rings is 2. The van der Waals surface area contributed by atoms with Crippen LogP contribution < -0.4 is 10.6 Å². The molecule has 21 heavy (non-hydrogen) atoms. The lowest BCUT2D eigenvalue weighted by molar-refractivity contribution is -0.115. The van der Waals surface area contributed by atoms with Crippen LogP contribution in [0.25, 0.3) is 0 Å². The van der Waals surface area contributed by atoms with Crippen LogP contribution in [0.5, 0.6) is 0 Å². The topological polar surface area (TPSA) is 41.1 Å². The van der Waals surface area contributed by atoms with E-state index < -0.39 is 0 Å². The molecule has 0 saturated heterocycles. The van der Waals surface area contributed by atoms with Crippen LogP contribution in [-0.2, 0) is 4.79 Å². The van der Waals surface area contributed by atoms with Crippen molar-refractivity contribution in [2.75, 3.05) is 11.9 Å². The summed E-state index contributed by atoms with van der Waals surface area (Å²) >= 11 is 11.9. The van der Waals surface area contributed by atoms with Crippen molar-refractivity contribution in [2.45, 2.75) is 13.0 Å². The summed E-state index contributed by atoms with van der Waals surface area (Å²) in [6.45, 7) is 2.17. The predicted octanol–water partition coefficient (Wildman–Crippen LogP) is 4.28. The Morgan fingerprint density at radius 2 is 1.90 bits per heavy atom. The Morgan fingerprint density at radius 3 is 2.62 bits per heavy atom. The Kier molecular flexibility index (Phi) is 5.62. The zero-order chi connectivity index (χ0) is 15.2. The maximum atomic E-state index is 11.9. The molecule has 1 amide bonds. The van der Waals surface area contributed by atoms with E-state index in [-0.39, 0.29) is 18.5 Å². The first-order valence-corrected chi connectivity index (χ1v) is 7.35. The lowest BCUT2D eigenvalue weighted by Gasteiger charge is -2.14. The zero-order valence-electron chi connectivity index (χ0n) is 11.6. The second-order valence-electron chi connectivity index (χ2n) is 4.69. The molecule has 0 bridgehead atoms. The number of hydrogen-bond donors (Lipinski definition) is 2. The van der Waals surface area contributed by atoms with Gasteiger partial charge in [-0.2, -0.15) is 0 Å². The lowest BCUT2D eigenvalue weighted by atomic mass is 10.1. The van der Waals surface area contributed by atoms with Crippen molar-refractivity contribution in [1.29, 1.82) is 0 Å². The van der Waals surface area contributed by atoms with Gasteiger partial charge in [-0.25, -0.2) is 0 Å². The summed E-state index contributed by atoms with van der Waals surface area (Å²) < 4.78 is 0. The van der Waals surface area contributed by atoms with E-state index in [9.17, 15) is 4.79 Å². The summed E-state index contributed by atoms with van der Waals surface area (Å²) in [5.74, 6) is -0.142. The highest BCUT2D eigenvalue weighted by molar-refractivity contribution is 6.33. The van der Waals surface area contributed by atoms with Gasteiger partial charge in [0.25, 0.3) is 0 Å². The molecule has 0 spiro atoms. The molecule has 110 valence electrons. The minimum absolute atomic E-state index is 0.0284. The molecule has 0 fully saturated rings. The number of anilines is 1. The average molecular weight is 323 g/mol. The quantitative estimate of drug-likeness (QED) is 0.862. The molecule has 2 aromatic rings. The number of para-hydroxylation sites is 1. The Labute approximate surface area is 134 Å². The first-order chi connectivity index (χ1) is 10.1. The van der Waals surface area contributed by atoms with Gasteiger partial charge in [-0.15, -0.1) is 0 Å². The SMILES string of the molecule is C[C@@H](NCC(=O)Nc1ccccc1Cl)c1cccc(Cl)c1. The fourth-order valence-corrected chi connectivity index (χ4v) is 2.28. The molecular formula is C16H16Cl2N2O. The zero-order valence-corrected chi connectivity index (χ0v) is 13.1. The third-order valence-corrected chi connectivity index (χ3v) is 3.63. The summed E-state index contributed by atoms with van der Waals surface area (Å²) in [6.07, 6.45) is 0. The number of hydrogen-bond acceptors (Lipinski definition) is 2. The third-order valence-electron chi connectivity index (χ3n) is 3.07. The number of rotatable bonds is 5. The molecule has 0 aliphatic rings. The number of carbonyl (C=O) groups excluding carboxylic acids is 1. The molecular weight excluding hydrogens is 307 g/mol. The highest BCUT2D eigenvalue weighted by Gasteiger charge is 2.09.